The Bertz CT molecular complexity index is 1110. The molecule has 0 fully saturated rings. The molecule has 2 amide bonds. The van der Waals surface area contributed by atoms with Crippen LogP contribution in [0.4, 0.5) is 0 Å². The summed E-state index contributed by atoms with van der Waals surface area (Å²) >= 11 is 0. The zero-order chi connectivity index (χ0) is 25.9. The number of hydrogen-bond acceptors (Lipinski definition) is 4. The van der Waals surface area contributed by atoms with Crippen LogP contribution in [-0.4, -0.2) is 35.5 Å². The van der Waals surface area contributed by atoms with Gasteiger partial charge in [0, 0.05) is 6.54 Å². The molecular weight excluding hydrogens is 490 g/mol. The lowest BCUT2D eigenvalue weighted by atomic mass is 9.90. The van der Waals surface area contributed by atoms with E-state index in [4.69, 9.17) is 11.5 Å². The lowest BCUT2D eigenvalue weighted by molar-refractivity contribution is -0.129. The van der Waals surface area contributed by atoms with Gasteiger partial charge in [-0.3, -0.25) is 14.6 Å². The highest BCUT2D eigenvalue weighted by molar-refractivity contribution is 5.92. The quantitative estimate of drug-likeness (QED) is 0.149. The van der Waals surface area contributed by atoms with E-state index in [0.717, 1.165) is 16.7 Å². The molecule has 0 aliphatic carbocycles. The summed E-state index contributed by atoms with van der Waals surface area (Å²) in [6, 6.07) is 24.4. The molecule has 0 saturated carbocycles. The van der Waals surface area contributed by atoms with E-state index < -0.39 is 12.0 Å². The molecule has 3 aromatic carbocycles. The number of phenols is 1. The van der Waals surface area contributed by atoms with Crippen molar-refractivity contribution in [3.63, 3.8) is 0 Å². The van der Waals surface area contributed by atoms with Crippen LogP contribution in [-0.2, 0) is 9.59 Å². The second-order valence-electron chi connectivity index (χ2n) is 8.59. The number of halogens is 1. The number of rotatable bonds is 11. The first kappa shape index (κ1) is 29.2. The second-order valence-corrected chi connectivity index (χ2v) is 8.59. The van der Waals surface area contributed by atoms with E-state index in [1.165, 1.54) is 0 Å². The molecule has 3 aromatic rings. The first-order chi connectivity index (χ1) is 17.3. The van der Waals surface area contributed by atoms with Gasteiger partial charge in [0.1, 0.15) is 11.8 Å². The van der Waals surface area contributed by atoms with E-state index in [0.29, 0.717) is 19.4 Å². The Morgan fingerprint density at radius 3 is 1.86 bits per heavy atom. The van der Waals surface area contributed by atoms with Gasteiger partial charge < -0.3 is 27.2 Å². The topological polar surface area (TPSA) is 143 Å². The standard InChI is InChI=1S/C28H33N5O3.ClH/c1-19(20-14-16-23(34)17-15-20)32-26(35)24(13-8-18-31-28(29)30)33-27(36)25(21-9-4-2-5-10-21)22-11-6-3-7-12-22;/h2-7,9-12,14-17,19,24-25,34H,8,13,18H2,1H3,(H,32,35)(H,33,36)(H4,29,30,31);1H/t19-,24+;/m1./s1. The van der Waals surface area contributed by atoms with Gasteiger partial charge in [0.25, 0.3) is 0 Å². The van der Waals surface area contributed by atoms with Crippen LogP contribution in [0.3, 0.4) is 0 Å². The summed E-state index contributed by atoms with van der Waals surface area (Å²) in [6.07, 6.45) is 0.859. The van der Waals surface area contributed by atoms with Crippen molar-refractivity contribution in [2.45, 2.75) is 37.8 Å². The van der Waals surface area contributed by atoms with Crippen LogP contribution < -0.4 is 22.1 Å². The average molecular weight is 524 g/mol. The van der Waals surface area contributed by atoms with Crippen LogP contribution in [0.2, 0.25) is 0 Å². The maximum atomic E-state index is 13.6. The van der Waals surface area contributed by atoms with Gasteiger partial charge in [0.2, 0.25) is 11.8 Å². The Kier molecular flexibility index (Phi) is 11.4. The van der Waals surface area contributed by atoms with E-state index in [1.807, 2.05) is 67.6 Å². The minimum absolute atomic E-state index is 0. The highest BCUT2D eigenvalue weighted by Crippen LogP contribution is 2.25. The third-order valence-corrected chi connectivity index (χ3v) is 5.86. The smallest absolute Gasteiger partial charge is 0.243 e. The van der Waals surface area contributed by atoms with Crippen LogP contribution in [0.25, 0.3) is 0 Å². The molecule has 0 aliphatic heterocycles. The predicted molar refractivity (Wildman–Crippen MR) is 148 cm³/mol. The van der Waals surface area contributed by atoms with E-state index in [2.05, 4.69) is 15.6 Å². The molecule has 7 N–H and O–H groups in total. The SMILES string of the molecule is C[C@@H](NC(=O)[C@H](CCCN=C(N)N)NC(=O)C(c1ccccc1)c1ccccc1)c1ccc(O)cc1.Cl. The lowest BCUT2D eigenvalue weighted by Gasteiger charge is -2.24. The third kappa shape index (κ3) is 8.84. The molecule has 0 spiro atoms. The van der Waals surface area contributed by atoms with Gasteiger partial charge in [-0.25, -0.2) is 0 Å². The molecule has 2 atom stereocenters. The number of nitrogens with one attached hydrogen (secondary N) is 2. The lowest BCUT2D eigenvalue weighted by Crippen LogP contribution is -2.48. The van der Waals surface area contributed by atoms with Crippen molar-refractivity contribution >= 4 is 30.2 Å². The van der Waals surface area contributed by atoms with Crippen molar-refractivity contribution in [2.24, 2.45) is 16.5 Å². The first-order valence-electron chi connectivity index (χ1n) is 11.9. The van der Waals surface area contributed by atoms with Crippen molar-refractivity contribution in [1.29, 1.82) is 0 Å². The van der Waals surface area contributed by atoms with Crippen LogP contribution in [0, 0.1) is 0 Å². The van der Waals surface area contributed by atoms with E-state index in [1.54, 1.807) is 24.3 Å². The Morgan fingerprint density at radius 2 is 1.35 bits per heavy atom. The number of benzene rings is 3. The van der Waals surface area contributed by atoms with Crippen LogP contribution in [0.1, 0.15) is 48.4 Å². The summed E-state index contributed by atoms with van der Waals surface area (Å²) in [4.78, 5) is 30.9. The number of nitrogens with zero attached hydrogens (tertiary/aromatic N) is 1. The number of amides is 2. The fourth-order valence-corrected chi connectivity index (χ4v) is 3.97. The molecule has 196 valence electrons. The predicted octanol–water partition coefficient (Wildman–Crippen LogP) is 3.36. The normalized spacial score (nSPS) is 12.1. The maximum Gasteiger partial charge on any atom is 0.243 e. The molecule has 37 heavy (non-hydrogen) atoms. The molecule has 8 nitrogen and oxygen atoms in total. The number of carbonyl (C=O) groups excluding carboxylic acids is 2. The number of carbonyl (C=O) groups is 2. The summed E-state index contributed by atoms with van der Waals surface area (Å²) < 4.78 is 0. The van der Waals surface area contributed by atoms with Gasteiger partial charge in [-0.1, -0.05) is 72.8 Å². The van der Waals surface area contributed by atoms with Gasteiger partial charge >= 0.3 is 0 Å². The molecule has 0 heterocycles. The van der Waals surface area contributed by atoms with Gasteiger partial charge in [-0.2, -0.15) is 0 Å². The summed E-state index contributed by atoms with van der Waals surface area (Å²) in [7, 11) is 0. The molecular formula is C28H34ClN5O3. The molecule has 0 aromatic heterocycles. The minimum Gasteiger partial charge on any atom is -0.508 e. The number of aliphatic imine (C=N–C) groups is 1. The molecule has 0 unspecified atom stereocenters. The van der Waals surface area contributed by atoms with Crippen LogP contribution >= 0.6 is 12.4 Å². The highest BCUT2D eigenvalue weighted by Gasteiger charge is 2.28. The number of phenolic OH excluding ortho intramolecular Hbond substituents is 1. The van der Waals surface area contributed by atoms with E-state index >= 15 is 0 Å². The Hall–Kier alpha value is -4.04. The number of nitrogens with two attached hydrogens (primary N) is 2. The Morgan fingerprint density at radius 1 is 0.811 bits per heavy atom. The highest BCUT2D eigenvalue weighted by atomic mass is 35.5. The van der Waals surface area contributed by atoms with Gasteiger partial charge in [0.05, 0.1) is 12.0 Å². The Balaban J connectivity index is 0.00000481. The molecule has 0 radical (unpaired) electrons. The van der Waals surface area contributed by atoms with Crippen molar-refractivity contribution in [2.75, 3.05) is 6.54 Å². The van der Waals surface area contributed by atoms with Crippen LogP contribution in [0.5, 0.6) is 5.75 Å². The molecule has 0 aliphatic rings. The van der Waals surface area contributed by atoms with Gasteiger partial charge in [0.15, 0.2) is 5.96 Å². The molecule has 9 heteroatoms. The van der Waals surface area contributed by atoms with Crippen molar-refractivity contribution in [3.8, 4) is 5.75 Å². The average Bonchev–Trinajstić information content (AvgIpc) is 2.87. The van der Waals surface area contributed by atoms with Gasteiger partial charge in [-0.05, 0) is 48.6 Å². The van der Waals surface area contributed by atoms with Crippen molar-refractivity contribution < 1.29 is 14.7 Å². The zero-order valence-electron chi connectivity index (χ0n) is 20.7. The second kappa shape index (κ2) is 14.5. The Labute approximate surface area is 223 Å². The minimum atomic E-state index is -0.791. The largest absolute Gasteiger partial charge is 0.508 e. The summed E-state index contributed by atoms with van der Waals surface area (Å²) in [5, 5.41) is 15.5. The summed E-state index contributed by atoms with van der Waals surface area (Å²) in [5.41, 5.74) is 13.3. The number of hydrogen-bond donors (Lipinski definition) is 5. The van der Waals surface area contributed by atoms with Crippen molar-refractivity contribution in [3.05, 3.63) is 102 Å². The fourth-order valence-electron chi connectivity index (χ4n) is 3.97. The molecule has 3 rings (SSSR count). The van der Waals surface area contributed by atoms with Crippen LogP contribution in [0.15, 0.2) is 89.9 Å². The first-order valence-corrected chi connectivity index (χ1v) is 11.9. The monoisotopic (exact) mass is 523 g/mol. The molecule has 0 bridgehead atoms. The maximum absolute atomic E-state index is 13.6. The molecule has 0 saturated heterocycles. The number of aromatic hydroxyl groups is 1. The van der Waals surface area contributed by atoms with Gasteiger partial charge in [-0.15, -0.1) is 12.4 Å². The fraction of sp³-hybridized carbons (Fsp3) is 0.250. The summed E-state index contributed by atoms with van der Waals surface area (Å²) in [6.45, 7) is 2.19. The third-order valence-electron chi connectivity index (χ3n) is 5.86. The van der Waals surface area contributed by atoms with E-state index in [9.17, 15) is 14.7 Å². The van der Waals surface area contributed by atoms with Crippen molar-refractivity contribution in [1.82, 2.24) is 10.6 Å². The number of guanidine groups is 1. The van der Waals surface area contributed by atoms with E-state index in [-0.39, 0.29) is 42.0 Å². The zero-order valence-corrected chi connectivity index (χ0v) is 21.5. The summed E-state index contributed by atoms with van der Waals surface area (Å²) in [5.74, 6) is -1.03.